The largest absolute Gasteiger partial charge is 0.353 e. The summed E-state index contributed by atoms with van der Waals surface area (Å²) in [4.78, 5) is 17.4. The molecule has 4 rings (SSSR count). The molecule has 0 radical (unpaired) electrons. The van der Waals surface area contributed by atoms with Gasteiger partial charge in [0, 0.05) is 32.4 Å². The second-order valence-corrected chi connectivity index (χ2v) is 9.00. The topological polar surface area (TPSA) is 91.3 Å². The molecule has 0 atom stereocenters. The highest BCUT2D eigenvalue weighted by molar-refractivity contribution is 7.91. The minimum absolute atomic E-state index is 0.0927. The number of hydrogen-bond donors (Lipinski definition) is 1. The maximum absolute atomic E-state index is 12.4. The molecule has 8 nitrogen and oxygen atoms in total. The number of aryl methyl sites for hydroxylation is 1. The Kier molecular flexibility index (Phi) is 5.80. The molecule has 0 spiro atoms. The Labute approximate surface area is 176 Å². The number of pyridine rings is 1. The quantitative estimate of drug-likeness (QED) is 0.650. The molecule has 0 bridgehead atoms. The van der Waals surface area contributed by atoms with E-state index in [-0.39, 0.29) is 5.75 Å². The number of rotatable bonds is 6. The third kappa shape index (κ3) is 5.04. The van der Waals surface area contributed by atoms with Gasteiger partial charge in [-0.05, 0) is 24.6 Å². The number of benzene rings is 1. The molecular weight excluding hydrogens is 400 g/mol. The second-order valence-electron chi connectivity index (χ2n) is 7.28. The van der Waals surface area contributed by atoms with Crippen LogP contribution in [0.1, 0.15) is 11.1 Å². The van der Waals surface area contributed by atoms with E-state index in [1.807, 2.05) is 49.4 Å². The summed E-state index contributed by atoms with van der Waals surface area (Å²) in [5, 5.41) is 0. The molecule has 30 heavy (non-hydrogen) atoms. The predicted octanol–water partition coefficient (Wildman–Crippen LogP) is 2.45. The number of hydrogen-bond acceptors (Lipinski definition) is 7. The third-order valence-electron chi connectivity index (χ3n) is 4.92. The fraction of sp³-hybridized carbons (Fsp3) is 0.286. The van der Waals surface area contributed by atoms with Crippen molar-refractivity contribution in [1.29, 1.82) is 0 Å². The molecule has 1 aliphatic rings. The van der Waals surface area contributed by atoms with E-state index in [1.54, 1.807) is 6.20 Å². The lowest BCUT2D eigenvalue weighted by atomic mass is 10.2. The molecule has 0 aliphatic carbocycles. The van der Waals surface area contributed by atoms with Crippen LogP contribution in [0, 0.1) is 6.92 Å². The van der Waals surface area contributed by atoms with E-state index in [9.17, 15) is 8.42 Å². The monoisotopic (exact) mass is 424 g/mol. The van der Waals surface area contributed by atoms with Gasteiger partial charge in [-0.1, -0.05) is 35.9 Å². The summed E-state index contributed by atoms with van der Waals surface area (Å²) in [6, 6.07) is 13.3. The zero-order chi connectivity index (χ0) is 21.0. The van der Waals surface area contributed by atoms with Gasteiger partial charge in [-0.15, -0.1) is 0 Å². The van der Waals surface area contributed by atoms with Crippen molar-refractivity contribution in [3.05, 3.63) is 72.2 Å². The number of anilines is 3. The van der Waals surface area contributed by atoms with Crippen LogP contribution < -0.4 is 14.5 Å². The van der Waals surface area contributed by atoms with E-state index >= 15 is 0 Å². The van der Waals surface area contributed by atoms with Gasteiger partial charge in [0.2, 0.25) is 16.0 Å². The van der Waals surface area contributed by atoms with Crippen LogP contribution >= 0.6 is 0 Å². The summed E-state index contributed by atoms with van der Waals surface area (Å²) in [6.07, 6.45) is 4.82. The van der Waals surface area contributed by atoms with Crippen LogP contribution in [-0.4, -0.2) is 49.5 Å². The summed E-state index contributed by atoms with van der Waals surface area (Å²) < 4.78 is 27.4. The molecule has 156 valence electrons. The van der Waals surface area contributed by atoms with Crippen molar-refractivity contribution in [3.63, 3.8) is 0 Å². The van der Waals surface area contributed by atoms with E-state index in [0.29, 0.717) is 11.6 Å². The van der Waals surface area contributed by atoms with E-state index in [1.165, 1.54) is 12.4 Å². The van der Waals surface area contributed by atoms with Crippen molar-refractivity contribution >= 4 is 27.5 Å². The molecule has 1 N–H and O–H groups in total. The summed E-state index contributed by atoms with van der Waals surface area (Å²) >= 11 is 0. The Balaban J connectivity index is 1.34. The molecule has 1 aromatic carbocycles. The van der Waals surface area contributed by atoms with Crippen molar-refractivity contribution in [2.45, 2.75) is 12.7 Å². The zero-order valence-corrected chi connectivity index (χ0v) is 17.6. The summed E-state index contributed by atoms with van der Waals surface area (Å²) in [5.74, 6) is 1.47. The second kappa shape index (κ2) is 8.66. The van der Waals surface area contributed by atoms with Crippen molar-refractivity contribution < 1.29 is 8.42 Å². The fourth-order valence-electron chi connectivity index (χ4n) is 3.33. The van der Waals surface area contributed by atoms with E-state index in [0.717, 1.165) is 43.1 Å². The van der Waals surface area contributed by atoms with Crippen LogP contribution in [-0.2, 0) is 15.8 Å². The summed E-state index contributed by atoms with van der Waals surface area (Å²) in [7, 11) is -3.53. The highest BCUT2D eigenvalue weighted by Crippen LogP contribution is 2.18. The molecule has 0 amide bonds. The first-order valence-corrected chi connectivity index (χ1v) is 11.4. The number of sulfonamides is 1. The van der Waals surface area contributed by atoms with E-state index in [2.05, 4.69) is 29.5 Å². The molecule has 3 aromatic rings. The van der Waals surface area contributed by atoms with Gasteiger partial charge in [-0.25, -0.2) is 23.4 Å². The van der Waals surface area contributed by atoms with Crippen LogP contribution in [0.4, 0.5) is 17.5 Å². The molecule has 1 saturated heterocycles. The van der Waals surface area contributed by atoms with Crippen LogP contribution in [0.2, 0.25) is 0 Å². The summed E-state index contributed by atoms with van der Waals surface area (Å²) in [5.41, 5.74) is 2.18. The van der Waals surface area contributed by atoms with Gasteiger partial charge in [0.15, 0.2) is 0 Å². The van der Waals surface area contributed by atoms with Crippen molar-refractivity contribution in [2.75, 3.05) is 40.7 Å². The minimum Gasteiger partial charge on any atom is -0.353 e. The normalized spacial score (nSPS) is 14.6. The Morgan fingerprint density at radius 3 is 2.20 bits per heavy atom. The van der Waals surface area contributed by atoms with Crippen LogP contribution in [0.3, 0.4) is 0 Å². The Hall–Kier alpha value is -3.20. The van der Waals surface area contributed by atoms with E-state index in [4.69, 9.17) is 0 Å². The molecule has 0 unspecified atom stereocenters. The predicted molar refractivity (Wildman–Crippen MR) is 118 cm³/mol. The molecular formula is C21H24N6O2S. The average Bonchev–Trinajstić information content (AvgIpc) is 2.76. The van der Waals surface area contributed by atoms with Crippen molar-refractivity contribution in [1.82, 2.24) is 15.0 Å². The molecule has 0 saturated carbocycles. The maximum atomic E-state index is 12.4. The maximum Gasteiger partial charge on any atom is 0.237 e. The van der Waals surface area contributed by atoms with Gasteiger partial charge in [0.05, 0.1) is 23.8 Å². The van der Waals surface area contributed by atoms with Gasteiger partial charge in [0.25, 0.3) is 0 Å². The molecule has 2 aromatic heterocycles. The Morgan fingerprint density at radius 2 is 1.57 bits per heavy atom. The van der Waals surface area contributed by atoms with Crippen LogP contribution in [0.5, 0.6) is 0 Å². The molecule has 9 heteroatoms. The first-order chi connectivity index (χ1) is 14.5. The Bertz CT molecular complexity index is 1060. The first kappa shape index (κ1) is 20.1. The number of nitrogens with zero attached hydrogens (tertiary/aromatic N) is 5. The lowest BCUT2D eigenvalue weighted by Gasteiger charge is -2.35. The van der Waals surface area contributed by atoms with E-state index < -0.39 is 10.0 Å². The Morgan fingerprint density at radius 1 is 0.900 bits per heavy atom. The first-order valence-electron chi connectivity index (χ1n) is 9.77. The number of piperazine rings is 1. The SMILES string of the molecule is Cc1ccc(CS(=O)(=O)Nc2cnc(N3CCN(c4ccccn4)CC3)nc2)cc1. The zero-order valence-electron chi connectivity index (χ0n) is 16.8. The van der Waals surface area contributed by atoms with Gasteiger partial charge in [-0.2, -0.15) is 0 Å². The van der Waals surface area contributed by atoms with Gasteiger partial charge in [-0.3, -0.25) is 4.72 Å². The highest BCUT2D eigenvalue weighted by atomic mass is 32.2. The van der Waals surface area contributed by atoms with Crippen LogP contribution in [0.25, 0.3) is 0 Å². The molecule has 3 heterocycles. The number of aromatic nitrogens is 3. The third-order valence-corrected chi connectivity index (χ3v) is 6.18. The standard InChI is InChI=1S/C21H24N6O2S/c1-17-5-7-18(8-6-17)16-30(28,29)25-19-14-23-21(24-15-19)27-12-10-26(11-13-27)20-4-2-3-9-22-20/h2-9,14-15,25H,10-13,16H2,1H3. The smallest absolute Gasteiger partial charge is 0.237 e. The average molecular weight is 425 g/mol. The number of nitrogens with one attached hydrogen (secondary N) is 1. The molecule has 1 fully saturated rings. The lowest BCUT2D eigenvalue weighted by molar-refractivity contribution is 0.600. The van der Waals surface area contributed by atoms with Crippen molar-refractivity contribution in [3.8, 4) is 0 Å². The minimum atomic E-state index is -3.53. The van der Waals surface area contributed by atoms with Crippen molar-refractivity contribution in [2.24, 2.45) is 0 Å². The lowest BCUT2D eigenvalue weighted by Crippen LogP contribution is -2.47. The van der Waals surface area contributed by atoms with Gasteiger partial charge in [0.1, 0.15) is 5.82 Å². The van der Waals surface area contributed by atoms with Gasteiger partial charge < -0.3 is 9.80 Å². The molecule has 1 aliphatic heterocycles. The fourth-order valence-corrected chi connectivity index (χ4v) is 4.50. The van der Waals surface area contributed by atoms with Gasteiger partial charge >= 0.3 is 0 Å². The summed E-state index contributed by atoms with van der Waals surface area (Å²) in [6.45, 7) is 5.16. The highest BCUT2D eigenvalue weighted by Gasteiger charge is 2.20. The van der Waals surface area contributed by atoms with Crippen LogP contribution in [0.15, 0.2) is 61.1 Å².